The Morgan fingerprint density at radius 1 is 1.29 bits per heavy atom. The maximum absolute atomic E-state index is 12.0. The summed E-state index contributed by atoms with van der Waals surface area (Å²) in [5.41, 5.74) is 0. The fourth-order valence-corrected chi connectivity index (χ4v) is 3.84. The van der Waals surface area contributed by atoms with Crippen molar-refractivity contribution in [2.24, 2.45) is 0 Å². The number of nitrogens with zero attached hydrogens (tertiary/aromatic N) is 1. The molecule has 1 saturated carbocycles. The first-order chi connectivity index (χ1) is 7.92. The first-order valence-electron chi connectivity index (χ1n) is 6.20. The summed E-state index contributed by atoms with van der Waals surface area (Å²) in [6.07, 6.45) is 3.26. The summed E-state index contributed by atoms with van der Waals surface area (Å²) in [5.74, 6) is 0.0800. The Balaban J connectivity index is 1.99. The summed E-state index contributed by atoms with van der Waals surface area (Å²) < 4.78 is 23.4. The molecule has 2 rings (SSSR count). The molecule has 2 atom stereocenters. The molecular formula is C11H20N2O3S. The van der Waals surface area contributed by atoms with E-state index in [1.165, 1.54) is 6.42 Å². The number of rotatable bonds is 1. The Hall–Kier alpha value is -0.780. The highest BCUT2D eigenvalue weighted by Crippen LogP contribution is 2.22. The van der Waals surface area contributed by atoms with Crippen LogP contribution >= 0.6 is 0 Å². The number of carbonyl (C=O) groups excluding carboxylic acids is 1. The van der Waals surface area contributed by atoms with Gasteiger partial charge in [-0.3, -0.25) is 0 Å². The van der Waals surface area contributed by atoms with Crippen LogP contribution in [0.1, 0.15) is 33.1 Å². The summed E-state index contributed by atoms with van der Waals surface area (Å²) in [7, 11) is -3.02. The van der Waals surface area contributed by atoms with Gasteiger partial charge in [-0.15, -0.1) is 0 Å². The van der Waals surface area contributed by atoms with Crippen LogP contribution in [-0.2, 0) is 9.84 Å². The van der Waals surface area contributed by atoms with E-state index in [4.69, 9.17) is 0 Å². The molecule has 6 heteroatoms. The second kappa shape index (κ2) is 4.48. The van der Waals surface area contributed by atoms with E-state index in [0.717, 1.165) is 12.8 Å². The van der Waals surface area contributed by atoms with Crippen molar-refractivity contribution in [2.75, 3.05) is 12.3 Å². The predicted molar refractivity (Wildman–Crippen MR) is 65.6 cm³/mol. The third-order valence-electron chi connectivity index (χ3n) is 4.05. The minimum Gasteiger partial charge on any atom is -0.335 e. The third kappa shape index (κ3) is 2.41. The first kappa shape index (κ1) is 12.7. The van der Waals surface area contributed by atoms with Gasteiger partial charge >= 0.3 is 6.03 Å². The van der Waals surface area contributed by atoms with E-state index in [0.29, 0.717) is 12.6 Å². The zero-order chi connectivity index (χ0) is 12.6. The molecule has 1 aliphatic heterocycles. The molecule has 2 amide bonds. The second-order valence-corrected chi connectivity index (χ2v) is 7.56. The van der Waals surface area contributed by atoms with Crippen LogP contribution in [0.25, 0.3) is 0 Å². The first-order valence-corrected chi connectivity index (χ1v) is 7.92. The lowest BCUT2D eigenvalue weighted by Gasteiger charge is -2.39. The molecule has 2 fully saturated rings. The van der Waals surface area contributed by atoms with E-state index in [9.17, 15) is 13.2 Å². The molecule has 98 valence electrons. The monoisotopic (exact) mass is 260 g/mol. The van der Waals surface area contributed by atoms with Gasteiger partial charge in [-0.25, -0.2) is 13.2 Å². The normalized spacial score (nSPS) is 32.9. The Morgan fingerprint density at radius 2 is 1.94 bits per heavy atom. The highest BCUT2D eigenvalue weighted by atomic mass is 32.2. The topological polar surface area (TPSA) is 66.5 Å². The average Bonchev–Trinajstić information content (AvgIpc) is 2.20. The number of sulfone groups is 1. The Kier molecular flexibility index (Phi) is 3.34. The van der Waals surface area contributed by atoms with Crippen LogP contribution in [0.15, 0.2) is 0 Å². The number of amides is 2. The SMILES string of the molecule is C[C@@H]1[C@H](C)S(=O)(=O)CCN1C(=O)NC1CCC1. The molecule has 17 heavy (non-hydrogen) atoms. The number of hydrogen-bond donors (Lipinski definition) is 1. The van der Waals surface area contributed by atoms with Crippen molar-refractivity contribution in [2.45, 2.75) is 50.4 Å². The van der Waals surface area contributed by atoms with Crippen molar-refractivity contribution < 1.29 is 13.2 Å². The summed E-state index contributed by atoms with van der Waals surface area (Å²) in [5, 5.41) is 2.49. The van der Waals surface area contributed by atoms with Crippen LogP contribution in [0.3, 0.4) is 0 Å². The molecule has 0 unspecified atom stereocenters. The summed E-state index contributed by atoms with van der Waals surface area (Å²) in [4.78, 5) is 13.6. The summed E-state index contributed by atoms with van der Waals surface area (Å²) in [6.45, 7) is 3.80. The zero-order valence-corrected chi connectivity index (χ0v) is 11.2. The van der Waals surface area contributed by atoms with Gasteiger partial charge in [-0.1, -0.05) is 0 Å². The fraction of sp³-hybridized carbons (Fsp3) is 0.909. The van der Waals surface area contributed by atoms with Crippen molar-refractivity contribution in [3.63, 3.8) is 0 Å². The number of hydrogen-bond acceptors (Lipinski definition) is 3. The highest BCUT2D eigenvalue weighted by Gasteiger charge is 2.38. The molecular weight excluding hydrogens is 240 g/mol. The van der Waals surface area contributed by atoms with Gasteiger partial charge in [-0.2, -0.15) is 0 Å². The summed E-state index contributed by atoms with van der Waals surface area (Å²) in [6, 6.07) is -0.0543. The van der Waals surface area contributed by atoms with Crippen LogP contribution < -0.4 is 5.32 Å². The van der Waals surface area contributed by atoms with Gasteiger partial charge < -0.3 is 10.2 Å². The van der Waals surface area contributed by atoms with Gasteiger partial charge in [0.1, 0.15) is 0 Å². The minimum atomic E-state index is -3.02. The molecule has 0 aromatic heterocycles. The number of nitrogens with one attached hydrogen (secondary N) is 1. The van der Waals surface area contributed by atoms with Crippen molar-refractivity contribution in [3.8, 4) is 0 Å². The molecule has 0 spiro atoms. The van der Waals surface area contributed by atoms with Crippen LogP contribution in [0.4, 0.5) is 4.79 Å². The number of carbonyl (C=O) groups is 1. The van der Waals surface area contributed by atoms with Crippen molar-refractivity contribution in [1.29, 1.82) is 0 Å². The van der Waals surface area contributed by atoms with Gasteiger partial charge in [0.2, 0.25) is 0 Å². The van der Waals surface area contributed by atoms with E-state index < -0.39 is 15.1 Å². The van der Waals surface area contributed by atoms with E-state index in [1.54, 1.807) is 11.8 Å². The second-order valence-electron chi connectivity index (χ2n) is 5.08. The van der Waals surface area contributed by atoms with Crippen LogP contribution in [0.2, 0.25) is 0 Å². The standard InChI is InChI=1S/C11H20N2O3S/c1-8-9(2)17(15,16)7-6-13(8)11(14)12-10-4-3-5-10/h8-10H,3-7H2,1-2H3,(H,12,14)/t8-,9+/m1/s1. The van der Waals surface area contributed by atoms with Gasteiger partial charge in [0.15, 0.2) is 9.84 Å². The predicted octanol–water partition coefficient (Wildman–Crippen LogP) is 0.756. The van der Waals surface area contributed by atoms with Gasteiger partial charge in [0.25, 0.3) is 0 Å². The lowest BCUT2D eigenvalue weighted by molar-refractivity contribution is 0.168. The average molecular weight is 260 g/mol. The van der Waals surface area contributed by atoms with E-state index in [1.807, 2.05) is 6.92 Å². The van der Waals surface area contributed by atoms with Crippen LogP contribution in [0.5, 0.6) is 0 Å². The molecule has 0 bridgehead atoms. The molecule has 2 aliphatic rings. The van der Waals surface area contributed by atoms with Gasteiger partial charge in [-0.05, 0) is 33.1 Å². The Morgan fingerprint density at radius 3 is 2.47 bits per heavy atom. The summed E-state index contributed by atoms with van der Waals surface area (Å²) >= 11 is 0. The molecule has 1 heterocycles. The zero-order valence-electron chi connectivity index (χ0n) is 10.3. The number of urea groups is 1. The van der Waals surface area contributed by atoms with Gasteiger partial charge in [0, 0.05) is 18.6 Å². The van der Waals surface area contributed by atoms with Crippen molar-refractivity contribution in [3.05, 3.63) is 0 Å². The molecule has 1 N–H and O–H groups in total. The van der Waals surface area contributed by atoms with Gasteiger partial charge in [0.05, 0.1) is 11.0 Å². The maximum Gasteiger partial charge on any atom is 0.317 e. The lowest BCUT2D eigenvalue weighted by Crippen LogP contribution is -2.58. The van der Waals surface area contributed by atoms with Crippen LogP contribution in [-0.4, -0.2) is 49.0 Å². The quantitative estimate of drug-likeness (QED) is 0.757. The maximum atomic E-state index is 12.0. The largest absolute Gasteiger partial charge is 0.335 e. The molecule has 1 saturated heterocycles. The van der Waals surface area contributed by atoms with E-state index in [-0.39, 0.29) is 17.8 Å². The Bertz CT molecular complexity index is 403. The Labute approximate surface area is 102 Å². The smallest absolute Gasteiger partial charge is 0.317 e. The molecule has 0 aromatic carbocycles. The molecule has 1 aliphatic carbocycles. The van der Waals surface area contributed by atoms with Crippen molar-refractivity contribution in [1.82, 2.24) is 10.2 Å². The molecule has 0 aromatic rings. The third-order valence-corrected chi connectivity index (χ3v) is 6.33. The van der Waals surface area contributed by atoms with Crippen molar-refractivity contribution >= 4 is 15.9 Å². The van der Waals surface area contributed by atoms with E-state index in [2.05, 4.69) is 5.32 Å². The van der Waals surface area contributed by atoms with Crippen LogP contribution in [0, 0.1) is 0 Å². The van der Waals surface area contributed by atoms with E-state index >= 15 is 0 Å². The molecule has 0 radical (unpaired) electrons. The fourth-order valence-electron chi connectivity index (χ4n) is 2.27. The molecule has 5 nitrogen and oxygen atoms in total. The lowest BCUT2D eigenvalue weighted by atomic mass is 9.93. The minimum absolute atomic E-state index is 0.0800. The highest BCUT2D eigenvalue weighted by molar-refractivity contribution is 7.92.